The van der Waals surface area contributed by atoms with E-state index >= 15 is 0 Å². The van der Waals surface area contributed by atoms with Crippen molar-refractivity contribution < 1.29 is 84.1 Å². The Morgan fingerprint density at radius 1 is 0.384 bits per heavy atom. The zero-order valence-corrected chi connectivity index (χ0v) is 85.8. The number of thiazole rings is 1. The summed E-state index contributed by atoms with van der Waals surface area (Å²) in [5.74, 6) is -6.88. The number of amides is 8. The van der Waals surface area contributed by atoms with Gasteiger partial charge in [0.15, 0.2) is 17.5 Å². The minimum Gasteiger partial charge on any atom is -0.344 e. The molecule has 0 atom stereocenters. The Morgan fingerprint density at radius 2 is 0.699 bits per heavy atom. The maximum atomic E-state index is 13.7. The Morgan fingerprint density at radius 3 is 1.00 bits per heavy atom. The molecule has 0 spiro atoms. The lowest BCUT2D eigenvalue weighted by Crippen LogP contribution is -2.50. The Kier molecular flexibility index (Phi) is 31.0. The van der Waals surface area contributed by atoms with Crippen molar-refractivity contribution in [3.8, 4) is 10.8 Å². The average molecular weight is 2040 g/mol. The van der Waals surface area contributed by atoms with E-state index in [1.807, 2.05) is 29.8 Å². The van der Waals surface area contributed by atoms with Crippen LogP contribution in [0.3, 0.4) is 0 Å². The van der Waals surface area contributed by atoms with E-state index in [-0.39, 0.29) is 63.1 Å². The number of carbonyl (C=O) groups is 12. The summed E-state index contributed by atoms with van der Waals surface area (Å²) < 4.78 is 71.6. The highest BCUT2D eigenvalue weighted by Gasteiger charge is 2.49. The molecule has 9 heterocycles. The van der Waals surface area contributed by atoms with Crippen molar-refractivity contribution in [2.24, 2.45) is 28.2 Å². The molecule has 5 fully saturated rings. The van der Waals surface area contributed by atoms with Gasteiger partial charge >= 0.3 is 0 Å². The van der Waals surface area contributed by atoms with Crippen molar-refractivity contribution >= 4 is 116 Å². The topological polar surface area (TPSA) is 466 Å². The first-order valence-electron chi connectivity index (χ1n) is 48.2. The number of tetrazole rings is 1. The van der Waals surface area contributed by atoms with E-state index in [0.29, 0.717) is 169 Å². The van der Waals surface area contributed by atoms with Crippen molar-refractivity contribution in [2.75, 3.05) is 21.3 Å². The largest absolute Gasteiger partial charge is 0.344 e. The molecule has 5 aliphatic carbocycles. The second-order valence-corrected chi connectivity index (χ2v) is 40.3. The zero-order valence-electron chi connectivity index (χ0n) is 84.2. The number of aryl methyl sites for hydroxylation is 5. The number of rotatable bonds is 26. The van der Waals surface area contributed by atoms with Gasteiger partial charge in [0, 0.05) is 90.7 Å². The third-order valence-corrected chi connectivity index (χ3v) is 30.7. The molecule has 13 aromatic rings. The molecular formula is C105H115F4N21O14S2. The number of halogens is 4. The monoisotopic (exact) mass is 2030 g/mol. The smallest absolute Gasteiger partial charge is 0.294 e. The molecule has 4 aromatic carbocycles. The molecular weight excluding hydrogens is 1920 g/mol. The van der Waals surface area contributed by atoms with E-state index in [0.717, 1.165) is 99.0 Å². The number of ketones is 4. The van der Waals surface area contributed by atoms with Crippen LogP contribution in [0.1, 0.15) is 313 Å². The lowest BCUT2D eigenvalue weighted by Gasteiger charge is -2.35. The summed E-state index contributed by atoms with van der Waals surface area (Å²) >= 11 is 2.97. The van der Waals surface area contributed by atoms with Crippen LogP contribution in [0.4, 0.5) is 40.3 Å². The molecule has 9 N–H and O–H groups in total. The molecule has 0 radical (unpaired) electrons. The van der Waals surface area contributed by atoms with Crippen LogP contribution in [0.15, 0.2) is 105 Å². The first-order valence-corrected chi connectivity index (χ1v) is 50.0. The van der Waals surface area contributed by atoms with Crippen molar-refractivity contribution in [3.05, 3.63) is 265 Å². The average Bonchev–Trinajstić information content (AvgIpc) is 1.60. The molecule has 9 aromatic heterocycles. The first kappa shape index (κ1) is 105. The SMILES string of the molecule is Cc1cc(NC(=O)c2c(C)c(C(=O)C(=O)NC3(c4nn[nH]n4)CCCC3)n(C)c2C)ccc1F.Cc1cc(NC(=O)c2c(C)c(C(=O)C(=O)NC3(c4noc(-c5cccs5)n4)CCCCC3)n(C)c2C)ccc1F.Cc1cc(NC(=O)c2c(C)c(C(=O)C(=O)NC3(c4noc(C5CC5)n4)CCCC3)n(C)c2C)ccc1F.Cc1csc(C2(NC(=O)C(=O)c3c(C)c(C(=O)Nc4ccc(F)c(C)c4)c(C)n3C)CCCC2)n1. The number of hydrogen-bond donors (Lipinski definition) is 9. The van der Waals surface area contributed by atoms with E-state index in [1.165, 1.54) is 94.0 Å². The van der Waals surface area contributed by atoms with Gasteiger partial charge in [-0.3, -0.25) is 57.5 Å². The number of nitrogens with zero attached hydrogens (tertiary/aromatic N) is 12. The molecule has 0 unspecified atom stereocenters. The quantitative estimate of drug-likeness (QED) is 0.0138. The normalized spacial score (nSPS) is 15.2. The molecule has 0 aliphatic heterocycles. The number of H-pyrrole nitrogens is 1. The lowest BCUT2D eigenvalue weighted by atomic mass is 9.80. The molecule has 0 bridgehead atoms. The van der Waals surface area contributed by atoms with E-state index in [9.17, 15) is 75.1 Å². The number of thiophene rings is 1. The highest BCUT2D eigenvalue weighted by molar-refractivity contribution is 7.13. The Bertz CT molecular complexity index is 7330. The minimum absolute atomic E-state index is 0.119. The first-order chi connectivity index (χ1) is 69.4. The maximum absolute atomic E-state index is 13.7. The van der Waals surface area contributed by atoms with E-state index in [4.69, 9.17) is 9.05 Å². The minimum atomic E-state index is -0.932. The van der Waals surface area contributed by atoms with Gasteiger partial charge in [0.2, 0.25) is 5.89 Å². The van der Waals surface area contributed by atoms with Crippen molar-refractivity contribution in [3.63, 3.8) is 0 Å². The van der Waals surface area contributed by atoms with Crippen LogP contribution in [0, 0.1) is 113 Å². The third kappa shape index (κ3) is 21.4. The van der Waals surface area contributed by atoms with E-state index in [1.54, 1.807) is 131 Å². The standard InChI is InChI=1S/C29H30FN5O4S.C27H30FN5O4.C26H29FN4O3S.C23H26FN7O3/c1-16-15-19(10-11-20(16)30)31-25(37)22-17(2)23(35(4)18(22)3)24(36)26(38)33-29(12-6-5-7-13-29)28-32-27(39-34-28)21-9-8-14-40-21;1-14-13-18(9-10-19(14)28)29-23(35)20-15(2)21(33(4)16(20)3)22(34)24(36)31-27(11-5-6-12-27)26-30-25(37-32-26)17-7-8-17;1-14-12-18(8-9-19(14)27)29-23(33)20-16(3)21(31(5)17(20)4)22(32)24(34)30-26(10-6-7-11-26)25-28-15(2)13-35-25;1-12-11-15(7-8-16(12)24)25-20(33)17-13(2)18(31(4)14(17)3)19(32)21(34)26-23(9-5-6-10-23)22-27-29-30-28-22/h8-11,14-15H,5-7,12-13H2,1-4H3,(H,31,37)(H,33,38);9-10,13,17H,5-8,11-12H2,1-4H3,(H,29,35)(H,31,36);8-9,12-13H,6-7,10-11H2,1-5H3,(H,29,33)(H,30,34);7-8,11H,5-6,9-10H2,1-4H3,(H,25,33)(H,26,34)(H,27,28,29,30). The van der Waals surface area contributed by atoms with Crippen LogP contribution in [0.25, 0.3) is 10.8 Å². The number of anilines is 4. The predicted molar refractivity (Wildman–Crippen MR) is 536 cm³/mol. The molecule has 8 amide bonds. The van der Waals surface area contributed by atoms with Gasteiger partial charge in [-0.2, -0.15) is 15.2 Å². The van der Waals surface area contributed by atoms with Gasteiger partial charge in [0.1, 0.15) is 44.9 Å². The molecule has 764 valence electrons. The van der Waals surface area contributed by atoms with E-state index < -0.39 is 92.5 Å². The molecule has 0 saturated heterocycles. The van der Waals surface area contributed by atoms with Gasteiger partial charge in [-0.1, -0.05) is 79.4 Å². The number of hydrogen-bond acceptors (Lipinski definition) is 24. The van der Waals surface area contributed by atoms with Crippen LogP contribution in [0.5, 0.6) is 0 Å². The Hall–Kier alpha value is -15.2. The van der Waals surface area contributed by atoms with Crippen molar-refractivity contribution in [1.82, 2.24) is 85.4 Å². The van der Waals surface area contributed by atoms with Crippen LogP contribution in [-0.2, 0) is 69.5 Å². The summed E-state index contributed by atoms with van der Waals surface area (Å²) in [6, 6.07) is 20.9. The summed E-state index contributed by atoms with van der Waals surface area (Å²) in [5.41, 5.74) is 6.42. The lowest BCUT2D eigenvalue weighted by molar-refractivity contribution is -0.120. The number of nitrogens with one attached hydrogen (secondary N) is 9. The number of Topliss-reactive ketones (excluding diaryl/α,β-unsaturated/α-hetero) is 4. The second kappa shape index (κ2) is 43.0. The fourth-order valence-electron chi connectivity index (χ4n) is 20.2. The second-order valence-electron chi connectivity index (χ2n) is 38.4. The molecule has 5 saturated carbocycles. The highest BCUT2D eigenvalue weighted by atomic mass is 32.1. The molecule has 5 aliphatic rings. The highest BCUT2D eigenvalue weighted by Crippen LogP contribution is 2.46. The predicted octanol–water partition coefficient (Wildman–Crippen LogP) is 17.5. The fourth-order valence-corrected chi connectivity index (χ4v) is 21.9. The molecule has 35 nitrogen and oxygen atoms in total. The number of aromatic amines is 1. The van der Waals surface area contributed by atoms with Gasteiger partial charge in [-0.25, -0.2) is 22.5 Å². The van der Waals surface area contributed by atoms with Crippen molar-refractivity contribution in [1.29, 1.82) is 0 Å². The summed E-state index contributed by atoms with van der Waals surface area (Å²) in [4.78, 5) is 174. The van der Waals surface area contributed by atoms with Crippen LogP contribution >= 0.6 is 22.7 Å². The van der Waals surface area contributed by atoms with Gasteiger partial charge in [0.05, 0.1) is 55.4 Å². The van der Waals surface area contributed by atoms with E-state index in [2.05, 4.69) is 88.4 Å². The summed E-state index contributed by atoms with van der Waals surface area (Å²) in [6.45, 7) is 21.8. The Balaban J connectivity index is 0.000000146. The summed E-state index contributed by atoms with van der Waals surface area (Å²) in [5, 5.41) is 49.8. The Labute approximate surface area is 846 Å². The van der Waals surface area contributed by atoms with Gasteiger partial charge in [-0.15, -0.1) is 32.9 Å². The van der Waals surface area contributed by atoms with Gasteiger partial charge < -0.3 is 69.8 Å². The van der Waals surface area contributed by atoms with Crippen LogP contribution < -0.4 is 42.5 Å². The number of benzene rings is 4. The maximum Gasteiger partial charge on any atom is 0.294 e. The molecule has 41 heteroatoms. The summed E-state index contributed by atoms with van der Waals surface area (Å²) in [7, 11) is 6.59. The molecule has 146 heavy (non-hydrogen) atoms. The van der Waals surface area contributed by atoms with Crippen LogP contribution in [0.2, 0.25) is 0 Å². The van der Waals surface area contributed by atoms with Gasteiger partial charge in [-0.05, 0) is 283 Å². The number of carbonyl (C=O) groups excluding carboxylic acids is 12. The molecule has 18 rings (SSSR count). The summed E-state index contributed by atoms with van der Waals surface area (Å²) in [6.07, 6.45) is 15.1. The fraction of sp³-hybridized carbons (Fsp3) is 0.390. The number of aromatic nitrogens is 13. The van der Waals surface area contributed by atoms with Gasteiger partial charge in [0.25, 0.3) is 76.3 Å². The zero-order chi connectivity index (χ0) is 105. The van der Waals surface area contributed by atoms with Crippen molar-refractivity contribution in [2.45, 2.75) is 240 Å². The third-order valence-electron chi connectivity index (χ3n) is 28.7. The van der Waals surface area contributed by atoms with Crippen LogP contribution in [-0.4, -0.2) is 135 Å².